The van der Waals surface area contributed by atoms with E-state index < -0.39 is 5.91 Å². The van der Waals surface area contributed by atoms with Crippen molar-refractivity contribution >= 4 is 50.7 Å². The van der Waals surface area contributed by atoms with Gasteiger partial charge in [-0.05, 0) is 64.5 Å². The van der Waals surface area contributed by atoms with Gasteiger partial charge in [0.1, 0.15) is 18.2 Å². The number of carbonyl (C=O) groups is 1. The second kappa shape index (κ2) is 8.00. The lowest BCUT2D eigenvalue weighted by atomic mass is 10.1. The van der Waals surface area contributed by atoms with Crippen molar-refractivity contribution in [3.63, 3.8) is 0 Å². The molecule has 2 heterocycles. The number of aryl methyl sites for hydroxylation is 1. The fraction of sp³-hybridized carbons (Fsp3) is 0.136. The third-order valence-corrected chi connectivity index (χ3v) is 6.09. The highest BCUT2D eigenvalue weighted by molar-refractivity contribution is 9.10. The number of halogens is 1. The Hall–Kier alpha value is -2.64. The third-order valence-electron chi connectivity index (χ3n) is 4.53. The topological polar surface area (TPSA) is 65.8 Å². The average molecular weight is 468 g/mol. The van der Waals surface area contributed by atoms with Gasteiger partial charge in [-0.15, -0.1) is 0 Å². The molecule has 0 fully saturated rings. The number of rotatable bonds is 4. The van der Waals surface area contributed by atoms with E-state index in [9.17, 15) is 4.79 Å². The van der Waals surface area contributed by atoms with Crippen molar-refractivity contribution in [1.82, 2.24) is 4.90 Å². The summed E-state index contributed by atoms with van der Waals surface area (Å²) in [5.74, 6) is 0.469. The van der Waals surface area contributed by atoms with E-state index in [1.165, 1.54) is 17.3 Å². The van der Waals surface area contributed by atoms with E-state index in [2.05, 4.69) is 40.0 Å². The molecule has 2 aliphatic heterocycles. The lowest BCUT2D eigenvalue weighted by molar-refractivity contribution is -0.114. The number of hydrogen-bond acceptors (Lipinski definition) is 4. The molecule has 0 spiro atoms. The Bertz CT molecular complexity index is 1120. The number of thioether (sulfide) groups is 1. The molecular formula is C22H18BrN3O2S. The second-order valence-electron chi connectivity index (χ2n) is 6.79. The first-order valence-corrected chi connectivity index (χ1v) is 10.6. The number of nitrogens with one attached hydrogen (secondary N) is 1. The van der Waals surface area contributed by atoms with Crippen LogP contribution in [0.2, 0.25) is 0 Å². The van der Waals surface area contributed by atoms with Crippen LogP contribution in [0.1, 0.15) is 23.6 Å². The molecule has 7 heteroatoms. The smallest absolute Gasteiger partial charge is 0.283 e. The Morgan fingerprint density at radius 3 is 2.83 bits per heavy atom. The largest absolute Gasteiger partial charge is 0.488 e. The number of aliphatic imine (C=N–C) groups is 1. The van der Waals surface area contributed by atoms with Gasteiger partial charge in [0, 0.05) is 5.70 Å². The number of hydrogen-bond donors (Lipinski definition) is 1. The summed E-state index contributed by atoms with van der Waals surface area (Å²) >= 11 is 4.90. The maximum atomic E-state index is 12.4. The van der Waals surface area contributed by atoms with Gasteiger partial charge in [0.25, 0.3) is 5.91 Å². The number of amides is 1. The molecule has 0 unspecified atom stereocenters. The predicted molar refractivity (Wildman–Crippen MR) is 121 cm³/mol. The first kappa shape index (κ1) is 19.7. The number of benzene rings is 2. The summed E-state index contributed by atoms with van der Waals surface area (Å²) in [6, 6.07) is 13.8. The molecule has 0 radical (unpaired) electrons. The Kier molecular flexibility index (Phi) is 5.43. The molecule has 2 aliphatic rings. The van der Waals surface area contributed by atoms with Crippen LogP contribution in [0.15, 0.2) is 68.6 Å². The van der Waals surface area contributed by atoms with Gasteiger partial charge in [0.15, 0.2) is 5.17 Å². The minimum atomic E-state index is -0.396. The molecule has 0 atom stereocenters. The van der Waals surface area contributed by atoms with Crippen molar-refractivity contribution < 1.29 is 9.53 Å². The molecule has 0 aromatic heterocycles. The Morgan fingerprint density at radius 1 is 1.24 bits per heavy atom. The van der Waals surface area contributed by atoms with E-state index in [0.717, 1.165) is 21.3 Å². The number of nitrogens with zero attached hydrogens (tertiary/aromatic N) is 2. The van der Waals surface area contributed by atoms with Gasteiger partial charge in [-0.3, -0.25) is 15.1 Å². The minimum absolute atomic E-state index is 0.148. The molecule has 5 nitrogen and oxygen atoms in total. The maximum Gasteiger partial charge on any atom is 0.283 e. The molecule has 2 aromatic carbocycles. The number of amidine groups is 2. The van der Waals surface area contributed by atoms with Crippen LogP contribution in [0.25, 0.3) is 6.08 Å². The van der Waals surface area contributed by atoms with E-state index in [1.54, 1.807) is 11.0 Å². The summed E-state index contributed by atoms with van der Waals surface area (Å²) in [6.45, 7) is 4.42. The summed E-state index contributed by atoms with van der Waals surface area (Å²) in [5, 5.41) is 10.9. The minimum Gasteiger partial charge on any atom is -0.488 e. The Morgan fingerprint density at radius 2 is 2.07 bits per heavy atom. The molecule has 146 valence electrons. The normalized spacial score (nSPS) is 17.3. The van der Waals surface area contributed by atoms with Crippen molar-refractivity contribution in [2.45, 2.75) is 20.5 Å². The highest BCUT2D eigenvalue weighted by Crippen LogP contribution is 2.33. The van der Waals surface area contributed by atoms with Crippen LogP contribution < -0.4 is 4.74 Å². The van der Waals surface area contributed by atoms with E-state index in [1.807, 2.05) is 42.7 Å². The molecule has 0 saturated heterocycles. The monoisotopic (exact) mass is 467 g/mol. The first-order valence-electron chi connectivity index (χ1n) is 8.97. The number of carbonyl (C=O) groups excluding carboxylic acids is 1. The van der Waals surface area contributed by atoms with Crippen LogP contribution in [-0.4, -0.2) is 21.8 Å². The standard InChI is InChI=1S/C22H18BrN3O2S/c1-13-4-3-5-16(8-13)11-28-19-7-6-15(10-18(19)23)9-17-20(24)26-14(2)12-29-22(26)25-21(17)27/h3-10,12,24H,11H2,1-2H3/b17-9-,24-20?. The van der Waals surface area contributed by atoms with Gasteiger partial charge in [-0.2, -0.15) is 4.99 Å². The van der Waals surface area contributed by atoms with Crippen LogP contribution in [0.4, 0.5) is 0 Å². The first-order chi connectivity index (χ1) is 13.9. The van der Waals surface area contributed by atoms with Crippen molar-refractivity contribution in [3.8, 4) is 5.75 Å². The fourth-order valence-corrected chi connectivity index (χ4v) is 4.46. The lowest BCUT2D eigenvalue weighted by Crippen LogP contribution is -2.37. The summed E-state index contributed by atoms with van der Waals surface area (Å²) < 4.78 is 6.70. The summed E-state index contributed by atoms with van der Waals surface area (Å²) in [7, 11) is 0. The Labute approximate surface area is 181 Å². The summed E-state index contributed by atoms with van der Waals surface area (Å²) in [5.41, 5.74) is 4.24. The highest BCUT2D eigenvalue weighted by Gasteiger charge is 2.33. The van der Waals surface area contributed by atoms with Gasteiger partial charge in [0.2, 0.25) is 0 Å². The van der Waals surface area contributed by atoms with E-state index >= 15 is 0 Å². The molecular weight excluding hydrogens is 450 g/mol. The summed E-state index contributed by atoms with van der Waals surface area (Å²) in [6.07, 6.45) is 1.69. The molecule has 1 N–H and O–H groups in total. The van der Waals surface area contributed by atoms with Crippen LogP contribution >= 0.6 is 27.7 Å². The van der Waals surface area contributed by atoms with Crippen molar-refractivity contribution in [3.05, 3.63) is 80.3 Å². The molecule has 0 bridgehead atoms. The van der Waals surface area contributed by atoms with Crippen LogP contribution in [-0.2, 0) is 11.4 Å². The Balaban J connectivity index is 1.54. The zero-order valence-corrected chi connectivity index (χ0v) is 18.3. The molecule has 1 amide bonds. The molecule has 4 rings (SSSR count). The molecule has 0 saturated carbocycles. The quantitative estimate of drug-likeness (QED) is 0.602. The van der Waals surface area contributed by atoms with Gasteiger partial charge in [-0.1, -0.05) is 47.7 Å². The van der Waals surface area contributed by atoms with E-state index in [-0.39, 0.29) is 11.4 Å². The average Bonchev–Trinajstić information content (AvgIpc) is 3.05. The maximum absolute atomic E-state index is 12.4. The van der Waals surface area contributed by atoms with Gasteiger partial charge >= 0.3 is 0 Å². The van der Waals surface area contributed by atoms with E-state index in [4.69, 9.17) is 10.1 Å². The number of fused-ring (bicyclic) bond motifs is 1. The van der Waals surface area contributed by atoms with E-state index in [0.29, 0.717) is 17.5 Å². The zero-order chi connectivity index (χ0) is 20.5. The van der Waals surface area contributed by atoms with Crippen LogP contribution in [0.3, 0.4) is 0 Å². The van der Waals surface area contributed by atoms with Crippen LogP contribution in [0, 0.1) is 12.3 Å². The van der Waals surface area contributed by atoms with Gasteiger partial charge in [0.05, 0.1) is 10.0 Å². The third kappa shape index (κ3) is 4.06. The zero-order valence-electron chi connectivity index (χ0n) is 15.9. The van der Waals surface area contributed by atoms with Crippen molar-refractivity contribution in [2.24, 2.45) is 4.99 Å². The molecule has 29 heavy (non-hydrogen) atoms. The van der Waals surface area contributed by atoms with Crippen molar-refractivity contribution in [2.75, 3.05) is 0 Å². The highest BCUT2D eigenvalue weighted by atomic mass is 79.9. The molecule has 2 aromatic rings. The second-order valence-corrected chi connectivity index (χ2v) is 8.48. The SMILES string of the molecule is CC1=CSC2=NC(=O)/C(=C\c3ccc(OCc4cccc(C)c4)c(Br)c3)C(=N)N12. The number of allylic oxidation sites excluding steroid dienone is 1. The fourth-order valence-electron chi connectivity index (χ4n) is 3.10. The van der Waals surface area contributed by atoms with Crippen LogP contribution in [0.5, 0.6) is 5.75 Å². The molecule has 0 aliphatic carbocycles. The van der Waals surface area contributed by atoms with Crippen molar-refractivity contribution in [1.29, 1.82) is 5.41 Å². The summed E-state index contributed by atoms with van der Waals surface area (Å²) in [4.78, 5) is 18.2. The lowest BCUT2D eigenvalue weighted by Gasteiger charge is -2.25. The number of ether oxygens (including phenoxy) is 1. The van der Waals surface area contributed by atoms with Gasteiger partial charge in [-0.25, -0.2) is 0 Å². The predicted octanol–water partition coefficient (Wildman–Crippen LogP) is 5.50. The van der Waals surface area contributed by atoms with Gasteiger partial charge < -0.3 is 4.74 Å².